The van der Waals surface area contributed by atoms with Gasteiger partial charge in [-0.15, -0.1) is 0 Å². The second-order valence-corrected chi connectivity index (χ2v) is 3.69. The number of aromatic carboxylic acids is 1. The van der Waals surface area contributed by atoms with Gasteiger partial charge in [0.15, 0.2) is 11.6 Å². The lowest BCUT2D eigenvalue weighted by Gasteiger charge is -2.07. The number of aromatic nitrogens is 1. The molecule has 1 N–H and O–H groups in total. The number of benzene rings is 1. The number of nitrogens with zero attached hydrogens (tertiary/aromatic N) is 1. The van der Waals surface area contributed by atoms with Crippen LogP contribution in [0.5, 0.6) is 5.88 Å². The molecule has 1 aromatic heterocycles. The summed E-state index contributed by atoms with van der Waals surface area (Å²) in [5.41, 5.74) is 0.517. The van der Waals surface area contributed by atoms with E-state index in [1.807, 2.05) is 0 Å². The van der Waals surface area contributed by atoms with Crippen LogP contribution in [0.1, 0.15) is 10.4 Å². The highest BCUT2D eigenvalue weighted by Gasteiger charge is 2.14. The summed E-state index contributed by atoms with van der Waals surface area (Å²) in [7, 11) is 1.28. The van der Waals surface area contributed by atoms with E-state index in [2.05, 4.69) is 4.98 Å². The third-order valence-electron chi connectivity index (χ3n) is 2.50. The zero-order valence-electron chi connectivity index (χ0n) is 9.85. The fourth-order valence-corrected chi connectivity index (χ4v) is 1.58. The molecule has 0 saturated heterocycles. The Morgan fingerprint density at radius 3 is 2.53 bits per heavy atom. The largest absolute Gasteiger partial charge is 0.480 e. The number of carboxylic acids is 1. The fraction of sp³-hybridized carbons (Fsp3) is 0.0769. The average Bonchev–Trinajstić information content (AvgIpc) is 2.41. The Labute approximate surface area is 107 Å². The van der Waals surface area contributed by atoms with E-state index in [0.29, 0.717) is 11.3 Å². The van der Waals surface area contributed by atoms with Crippen molar-refractivity contribution >= 4 is 5.97 Å². The highest BCUT2D eigenvalue weighted by Crippen LogP contribution is 2.24. The van der Waals surface area contributed by atoms with Crippen LogP contribution in [0.4, 0.5) is 8.78 Å². The molecule has 0 radical (unpaired) electrons. The van der Waals surface area contributed by atoms with Gasteiger partial charge in [-0.1, -0.05) is 0 Å². The van der Waals surface area contributed by atoms with Crippen molar-refractivity contribution in [3.05, 3.63) is 47.5 Å². The molecule has 0 atom stereocenters. The van der Waals surface area contributed by atoms with Crippen molar-refractivity contribution in [1.82, 2.24) is 4.98 Å². The predicted octanol–water partition coefficient (Wildman–Crippen LogP) is 2.73. The van der Waals surface area contributed by atoms with E-state index >= 15 is 0 Å². The van der Waals surface area contributed by atoms with Crippen LogP contribution in [0.3, 0.4) is 0 Å². The lowest BCUT2D eigenvalue weighted by atomic mass is 10.1. The summed E-state index contributed by atoms with van der Waals surface area (Å²) >= 11 is 0. The van der Waals surface area contributed by atoms with Crippen LogP contribution >= 0.6 is 0 Å². The molecule has 0 spiro atoms. The maximum atomic E-state index is 13.1. The minimum atomic E-state index is -1.18. The smallest absolute Gasteiger partial charge is 0.341 e. The maximum absolute atomic E-state index is 13.1. The van der Waals surface area contributed by atoms with Crippen LogP contribution in [0, 0.1) is 11.6 Å². The van der Waals surface area contributed by atoms with Gasteiger partial charge in [0, 0.05) is 5.56 Å². The first-order valence-corrected chi connectivity index (χ1v) is 5.26. The first-order chi connectivity index (χ1) is 9.02. The van der Waals surface area contributed by atoms with Gasteiger partial charge in [0.2, 0.25) is 5.88 Å². The number of pyridine rings is 1. The van der Waals surface area contributed by atoms with Crippen molar-refractivity contribution < 1.29 is 23.4 Å². The van der Waals surface area contributed by atoms with Crippen LogP contribution in [0.25, 0.3) is 11.3 Å². The number of rotatable bonds is 3. The highest BCUT2D eigenvalue weighted by molar-refractivity contribution is 5.90. The van der Waals surface area contributed by atoms with Gasteiger partial charge in [0.1, 0.15) is 5.56 Å². The average molecular weight is 265 g/mol. The molecule has 0 bridgehead atoms. The minimum absolute atomic E-state index is 0.0882. The van der Waals surface area contributed by atoms with Crippen molar-refractivity contribution in [2.75, 3.05) is 7.11 Å². The summed E-state index contributed by atoms with van der Waals surface area (Å²) in [6, 6.07) is 6.01. The summed E-state index contributed by atoms with van der Waals surface area (Å²) in [4.78, 5) is 14.9. The van der Waals surface area contributed by atoms with Gasteiger partial charge in [-0.3, -0.25) is 0 Å². The van der Waals surface area contributed by atoms with Crippen molar-refractivity contribution in [2.45, 2.75) is 0 Å². The van der Waals surface area contributed by atoms with Crippen LogP contribution < -0.4 is 4.74 Å². The number of hydrogen-bond donors (Lipinski definition) is 1. The molecule has 0 unspecified atom stereocenters. The van der Waals surface area contributed by atoms with Gasteiger partial charge in [-0.05, 0) is 30.3 Å². The second kappa shape index (κ2) is 5.01. The van der Waals surface area contributed by atoms with Crippen molar-refractivity contribution in [3.63, 3.8) is 0 Å². The van der Waals surface area contributed by atoms with Gasteiger partial charge in [-0.25, -0.2) is 18.6 Å². The number of halogens is 2. The quantitative estimate of drug-likeness (QED) is 0.927. The van der Waals surface area contributed by atoms with Crippen molar-refractivity contribution in [2.24, 2.45) is 0 Å². The van der Waals surface area contributed by atoms with E-state index in [1.54, 1.807) is 0 Å². The first-order valence-electron chi connectivity index (χ1n) is 5.26. The molecule has 0 amide bonds. The first kappa shape index (κ1) is 12.9. The summed E-state index contributed by atoms with van der Waals surface area (Å²) < 4.78 is 30.8. The molecule has 0 saturated carbocycles. The van der Waals surface area contributed by atoms with Crippen molar-refractivity contribution in [1.29, 1.82) is 0 Å². The van der Waals surface area contributed by atoms with E-state index in [0.717, 1.165) is 12.1 Å². The Morgan fingerprint density at radius 2 is 1.95 bits per heavy atom. The predicted molar refractivity (Wildman–Crippen MR) is 63.1 cm³/mol. The molecule has 0 fully saturated rings. The lowest BCUT2D eigenvalue weighted by molar-refractivity contribution is 0.0692. The molecule has 1 aromatic carbocycles. The van der Waals surface area contributed by atoms with Gasteiger partial charge in [0.05, 0.1) is 12.8 Å². The molecule has 2 aromatic rings. The van der Waals surface area contributed by atoms with Crippen molar-refractivity contribution in [3.8, 4) is 17.1 Å². The van der Waals surface area contributed by atoms with Gasteiger partial charge < -0.3 is 9.84 Å². The van der Waals surface area contributed by atoms with E-state index < -0.39 is 17.6 Å². The zero-order valence-corrected chi connectivity index (χ0v) is 9.85. The zero-order chi connectivity index (χ0) is 14.0. The molecule has 0 aliphatic heterocycles. The molecule has 0 aliphatic carbocycles. The number of methoxy groups -OCH3 is 1. The normalized spacial score (nSPS) is 10.3. The summed E-state index contributed by atoms with van der Waals surface area (Å²) in [6.45, 7) is 0. The Balaban J connectivity index is 2.51. The topological polar surface area (TPSA) is 59.4 Å². The van der Waals surface area contributed by atoms with Crippen LogP contribution in [0.15, 0.2) is 30.3 Å². The fourth-order valence-electron chi connectivity index (χ4n) is 1.58. The number of carbonyl (C=O) groups is 1. The number of ether oxygens (including phenoxy) is 1. The molecule has 4 nitrogen and oxygen atoms in total. The van der Waals surface area contributed by atoms with Crippen LogP contribution in [-0.2, 0) is 0 Å². The Bertz CT molecular complexity index is 644. The molecular formula is C13H9F2NO3. The van der Waals surface area contributed by atoms with E-state index in [1.165, 1.54) is 25.3 Å². The van der Waals surface area contributed by atoms with Gasteiger partial charge in [-0.2, -0.15) is 0 Å². The molecule has 2 rings (SSSR count). The van der Waals surface area contributed by atoms with E-state index in [4.69, 9.17) is 9.84 Å². The summed E-state index contributed by atoms with van der Waals surface area (Å²) in [6.07, 6.45) is 0. The third kappa shape index (κ3) is 2.52. The second-order valence-electron chi connectivity index (χ2n) is 3.69. The summed E-state index contributed by atoms with van der Waals surface area (Å²) in [5.74, 6) is -3.23. The Kier molecular flexibility index (Phi) is 3.41. The molecule has 1 heterocycles. The van der Waals surface area contributed by atoms with Crippen LogP contribution in [-0.4, -0.2) is 23.2 Å². The van der Waals surface area contributed by atoms with Gasteiger partial charge in [0.25, 0.3) is 0 Å². The third-order valence-corrected chi connectivity index (χ3v) is 2.50. The standard InChI is InChI=1S/C13H9F2NO3/c1-19-12-8(13(17)18)3-5-11(16-12)7-2-4-9(14)10(15)6-7/h2-6H,1H3,(H,17,18). The molecule has 0 aliphatic rings. The molecule has 19 heavy (non-hydrogen) atoms. The molecule has 98 valence electrons. The highest BCUT2D eigenvalue weighted by atomic mass is 19.2. The monoisotopic (exact) mass is 265 g/mol. The van der Waals surface area contributed by atoms with E-state index in [9.17, 15) is 13.6 Å². The number of carboxylic acid groups (broad SMARTS) is 1. The Hall–Kier alpha value is -2.50. The Morgan fingerprint density at radius 1 is 1.21 bits per heavy atom. The summed E-state index contributed by atoms with van der Waals surface area (Å²) in [5, 5.41) is 8.91. The SMILES string of the molecule is COc1nc(-c2ccc(F)c(F)c2)ccc1C(=O)O. The van der Waals surface area contributed by atoms with Crippen LogP contribution in [0.2, 0.25) is 0 Å². The molecular weight excluding hydrogens is 256 g/mol. The molecule has 6 heteroatoms. The van der Waals surface area contributed by atoms with Gasteiger partial charge >= 0.3 is 5.97 Å². The van der Waals surface area contributed by atoms with E-state index in [-0.39, 0.29) is 11.4 Å². The lowest BCUT2D eigenvalue weighted by Crippen LogP contribution is -2.03. The minimum Gasteiger partial charge on any atom is -0.480 e. The number of hydrogen-bond acceptors (Lipinski definition) is 3. The maximum Gasteiger partial charge on any atom is 0.341 e.